The Labute approximate surface area is 177 Å². The first-order valence-electron chi connectivity index (χ1n) is 8.74. The van der Waals surface area contributed by atoms with E-state index in [0.717, 1.165) is 9.79 Å². The number of para-hydroxylation sites is 1. The van der Waals surface area contributed by atoms with Crippen molar-refractivity contribution in [3.63, 3.8) is 0 Å². The van der Waals surface area contributed by atoms with Gasteiger partial charge in [0.15, 0.2) is 6.61 Å². The maximum atomic E-state index is 12.2. The van der Waals surface area contributed by atoms with Crippen LogP contribution in [0.4, 0.5) is 5.69 Å². The molecule has 0 saturated heterocycles. The summed E-state index contributed by atoms with van der Waals surface area (Å²) in [5.74, 6) is -1.04. The van der Waals surface area contributed by atoms with Crippen LogP contribution in [-0.2, 0) is 16.1 Å². The molecule has 1 amide bonds. The highest BCUT2D eigenvalue weighted by Gasteiger charge is 2.12. The summed E-state index contributed by atoms with van der Waals surface area (Å²) in [7, 11) is 0. The topological polar surface area (TPSA) is 75.6 Å². The van der Waals surface area contributed by atoms with Crippen LogP contribution in [0.2, 0.25) is 5.02 Å². The van der Waals surface area contributed by atoms with Gasteiger partial charge in [-0.15, -0.1) is 0 Å². The van der Waals surface area contributed by atoms with E-state index in [1.54, 1.807) is 42.5 Å². The number of hydrogen-bond acceptors (Lipinski definition) is 5. The molecule has 0 bridgehead atoms. The molecule has 3 aromatic rings. The largest absolute Gasteiger partial charge is 0.452 e. The van der Waals surface area contributed by atoms with Crippen LogP contribution >= 0.6 is 23.4 Å². The summed E-state index contributed by atoms with van der Waals surface area (Å²) in [5, 5.41) is 12.5. The Morgan fingerprint density at radius 2 is 1.66 bits per heavy atom. The Kier molecular flexibility index (Phi) is 7.30. The van der Waals surface area contributed by atoms with E-state index >= 15 is 0 Å². The van der Waals surface area contributed by atoms with E-state index in [-0.39, 0.29) is 6.61 Å². The number of rotatable bonds is 7. The summed E-state index contributed by atoms with van der Waals surface area (Å²) in [6, 6.07) is 21.1. The van der Waals surface area contributed by atoms with Gasteiger partial charge in [0.25, 0.3) is 5.91 Å². The molecule has 0 aliphatic heterocycles. The lowest BCUT2D eigenvalue weighted by Crippen LogP contribution is -2.21. The molecule has 0 fully saturated rings. The van der Waals surface area contributed by atoms with Gasteiger partial charge in [-0.2, -0.15) is 0 Å². The second-order valence-electron chi connectivity index (χ2n) is 6.03. The van der Waals surface area contributed by atoms with E-state index in [2.05, 4.69) is 5.32 Å². The molecular formula is C22H18ClNO4S. The number of amides is 1. The van der Waals surface area contributed by atoms with Gasteiger partial charge in [0, 0.05) is 14.8 Å². The van der Waals surface area contributed by atoms with Gasteiger partial charge in [0.05, 0.1) is 17.9 Å². The number of carbonyl (C=O) groups is 2. The Morgan fingerprint density at radius 3 is 2.34 bits per heavy atom. The van der Waals surface area contributed by atoms with Crippen LogP contribution < -0.4 is 5.32 Å². The lowest BCUT2D eigenvalue weighted by Gasteiger charge is -2.11. The fraction of sp³-hybridized carbons (Fsp3) is 0.0909. The Hall–Kier alpha value is -2.80. The molecule has 0 unspecified atom stereocenters. The molecular weight excluding hydrogens is 410 g/mol. The Bertz CT molecular complexity index is 990. The number of benzene rings is 3. The monoisotopic (exact) mass is 427 g/mol. The SMILES string of the molecule is O=C(COC(=O)c1ccc(CO)cc1)Nc1ccccc1Sc1ccc(Cl)cc1. The van der Waals surface area contributed by atoms with Crippen molar-refractivity contribution in [3.8, 4) is 0 Å². The minimum atomic E-state index is -0.603. The van der Waals surface area contributed by atoms with Crippen molar-refractivity contribution in [2.24, 2.45) is 0 Å². The molecule has 5 nitrogen and oxygen atoms in total. The summed E-state index contributed by atoms with van der Waals surface area (Å²) in [6.07, 6.45) is 0. The molecule has 3 rings (SSSR count). The van der Waals surface area contributed by atoms with Crippen LogP contribution in [0.5, 0.6) is 0 Å². The molecule has 2 N–H and O–H groups in total. The molecule has 0 aromatic heterocycles. The number of aliphatic hydroxyl groups excluding tert-OH is 1. The maximum absolute atomic E-state index is 12.2. The van der Waals surface area contributed by atoms with E-state index in [1.807, 2.05) is 30.3 Å². The first kappa shape index (κ1) is 20.9. The van der Waals surface area contributed by atoms with Crippen LogP contribution in [0.3, 0.4) is 0 Å². The number of aliphatic hydroxyl groups is 1. The molecule has 29 heavy (non-hydrogen) atoms. The standard InChI is InChI=1S/C22H18ClNO4S/c23-17-9-11-18(12-10-17)29-20-4-2-1-3-19(20)24-21(26)14-28-22(27)16-7-5-15(13-25)6-8-16/h1-12,25H,13-14H2,(H,24,26). The lowest BCUT2D eigenvalue weighted by molar-refractivity contribution is -0.119. The molecule has 3 aromatic carbocycles. The van der Waals surface area contributed by atoms with Gasteiger partial charge in [0.1, 0.15) is 0 Å². The van der Waals surface area contributed by atoms with Crippen molar-refractivity contribution in [1.82, 2.24) is 0 Å². The summed E-state index contributed by atoms with van der Waals surface area (Å²) < 4.78 is 5.07. The minimum Gasteiger partial charge on any atom is -0.452 e. The summed E-state index contributed by atoms with van der Waals surface area (Å²) in [5.41, 5.74) is 1.63. The molecule has 148 valence electrons. The normalized spacial score (nSPS) is 10.4. The van der Waals surface area contributed by atoms with E-state index in [1.165, 1.54) is 11.8 Å². The number of ether oxygens (including phenoxy) is 1. The third kappa shape index (κ3) is 6.09. The van der Waals surface area contributed by atoms with Crippen molar-refractivity contribution in [3.05, 3.63) is 88.9 Å². The zero-order valence-corrected chi connectivity index (χ0v) is 16.9. The highest BCUT2D eigenvalue weighted by atomic mass is 35.5. The Morgan fingerprint density at radius 1 is 0.966 bits per heavy atom. The average Bonchev–Trinajstić information content (AvgIpc) is 2.75. The molecule has 0 saturated carbocycles. The fourth-order valence-electron chi connectivity index (χ4n) is 2.44. The van der Waals surface area contributed by atoms with Crippen molar-refractivity contribution >= 4 is 40.9 Å². The lowest BCUT2D eigenvalue weighted by atomic mass is 10.1. The van der Waals surface area contributed by atoms with Crippen LogP contribution in [0.25, 0.3) is 0 Å². The quantitative estimate of drug-likeness (QED) is 0.531. The van der Waals surface area contributed by atoms with E-state index in [9.17, 15) is 9.59 Å². The maximum Gasteiger partial charge on any atom is 0.338 e. The van der Waals surface area contributed by atoms with E-state index in [4.69, 9.17) is 21.4 Å². The van der Waals surface area contributed by atoms with Crippen molar-refractivity contribution in [2.45, 2.75) is 16.4 Å². The van der Waals surface area contributed by atoms with Crippen LogP contribution in [0, 0.1) is 0 Å². The van der Waals surface area contributed by atoms with Crippen molar-refractivity contribution in [2.75, 3.05) is 11.9 Å². The molecule has 0 heterocycles. The molecule has 0 spiro atoms. The first-order valence-corrected chi connectivity index (χ1v) is 9.94. The van der Waals surface area contributed by atoms with Crippen molar-refractivity contribution < 1.29 is 19.4 Å². The first-order chi connectivity index (χ1) is 14.0. The van der Waals surface area contributed by atoms with Gasteiger partial charge in [-0.3, -0.25) is 4.79 Å². The van der Waals surface area contributed by atoms with Gasteiger partial charge in [-0.1, -0.05) is 47.6 Å². The number of halogens is 1. The summed E-state index contributed by atoms with van der Waals surface area (Å²) in [4.78, 5) is 26.1. The van der Waals surface area contributed by atoms with E-state index in [0.29, 0.717) is 21.8 Å². The third-order valence-corrected chi connectivity index (χ3v) is 5.24. The smallest absolute Gasteiger partial charge is 0.338 e. The number of nitrogens with one attached hydrogen (secondary N) is 1. The second kappa shape index (κ2) is 10.1. The van der Waals surface area contributed by atoms with Gasteiger partial charge in [-0.25, -0.2) is 4.79 Å². The van der Waals surface area contributed by atoms with Crippen LogP contribution in [0.15, 0.2) is 82.6 Å². The highest BCUT2D eigenvalue weighted by Crippen LogP contribution is 2.33. The summed E-state index contributed by atoms with van der Waals surface area (Å²) in [6.45, 7) is -0.508. The van der Waals surface area contributed by atoms with Gasteiger partial charge >= 0.3 is 5.97 Å². The molecule has 0 atom stereocenters. The molecule has 0 aliphatic rings. The van der Waals surface area contributed by atoms with Gasteiger partial charge in [0.2, 0.25) is 0 Å². The Balaban J connectivity index is 1.58. The molecule has 0 radical (unpaired) electrons. The number of hydrogen-bond donors (Lipinski definition) is 2. The highest BCUT2D eigenvalue weighted by molar-refractivity contribution is 7.99. The van der Waals surface area contributed by atoms with Gasteiger partial charge < -0.3 is 15.2 Å². The minimum absolute atomic E-state index is 0.106. The van der Waals surface area contributed by atoms with Crippen LogP contribution in [-0.4, -0.2) is 23.6 Å². The summed E-state index contributed by atoms with van der Waals surface area (Å²) >= 11 is 7.40. The van der Waals surface area contributed by atoms with E-state index < -0.39 is 18.5 Å². The second-order valence-corrected chi connectivity index (χ2v) is 7.58. The number of carbonyl (C=O) groups excluding carboxylic acids is 2. The van der Waals surface area contributed by atoms with Gasteiger partial charge in [-0.05, 0) is 54.1 Å². The predicted octanol–water partition coefficient (Wildman–Crippen LogP) is 4.78. The van der Waals surface area contributed by atoms with Crippen molar-refractivity contribution in [1.29, 1.82) is 0 Å². The fourth-order valence-corrected chi connectivity index (χ4v) is 3.46. The van der Waals surface area contributed by atoms with Crippen LogP contribution in [0.1, 0.15) is 15.9 Å². The third-order valence-electron chi connectivity index (χ3n) is 3.91. The number of anilines is 1. The predicted molar refractivity (Wildman–Crippen MR) is 113 cm³/mol. The molecule has 0 aliphatic carbocycles. The number of esters is 1. The zero-order chi connectivity index (χ0) is 20.6. The molecule has 7 heteroatoms. The zero-order valence-electron chi connectivity index (χ0n) is 15.3. The average molecular weight is 428 g/mol.